The number of pyridine rings is 1. The molecule has 0 aliphatic rings. The first kappa shape index (κ1) is 6.61. The van der Waals surface area contributed by atoms with Crippen LogP contribution >= 0.6 is 11.6 Å². The Hall–Kier alpha value is -1.09. The summed E-state index contributed by atoms with van der Waals surface area (Å²) in [6.07, 6.45) is 1.71. The summed E-state index contributed by atoms with van der Waals surface area (Å²) in [7, 11) is 0. The van der Waals surface area contributed by atoms with Gasteiger partial charge in [0.05, 0.1) is 11.4 Å². The second-order valence-corrected chi connectivity index (χ2v) is 2.46. The molecule has 0 aromatic carbocycles. The molecule has 0 aliphatic carbocycles. The van der Waals surface area contributed by atoms with Gasteiger partial charge < -0.3 is 4.98 Å². The molecule has 0 spiro atoms. The molecule has 2 aromatic rings. The molecule has 0 atom stereocenters. The highest BCUT2D eigenvalue weighted by Gasteiger charge is 1.99. The third kappa shape index (κ3) is 1.07. The number of aromatic nitrogens is 3. The van der Waals surface area contributed by atoms with Crippen LogP contribution in [-0.4, -0.2) is 15.0 Å². The van der Waals surface area contributed by atoms with E-state index >= 15 is 0 Å². The summed E-state index contributed by atoms with van der Waals surface area (Å²) in [6, 6.07) is 3.78. The van der Waals surface area contributed by atoms with Crippen LogP contribution in [0.3, 0.4) is 0 Å². The van der Waals surface area contributed by atoms with E-state index in [1.807, 2.05) is 12.1 Å². The molecular weight excluding hydrogens is 162 g/mol. The fourth-order valence-corrected chi connectivity index (χ4v) is 1.08. The van der Waals surface area contributed by atoms with Crippen LogP contribution in [0.1, 0.15) is 5.82 Å². The van der Waals surface area contributed by atoms with E-state index in [0.29, 0.717) is 5.88 Å². The minimum atomic E-state index is 0.399. The molecule has 2 aromatic heterocycles. The Morgan fingerprint density at radius 3 is 3.18 bits per heavy atom. The Bertz CT molecular complexity index is 335. The lowest BCUT2D eigenvalue weighted by molar-refractivity contribution is 1.13. The molecule has 0 amide bonds. The van der Waals surface area contributed by atoms with Crippen LogP contribution in [-0.2, 0) is 5.88 Å². The number of hydrogen-bond donors (Lipinski definition) is 1. The Morgan fingerprint density at radius 2 is 2.45 bits per heavy atom. The van der Waals surface area contributed by atoms with E-state index in [4.69, 9.17) is 11.6 Å². The largest absolute Gasteiger partial charge is 0.340 e. The zero-order valence-corrected chi connectivity index (χ0v) is 6.47. The molecule has 0 unspecified atom stereocenters. The second-order valence-electron chi connectivity index (χ2n) is 2.19. The normalized spacial score (nSPS) is 10.6. The lowest BCUT2D eigenvalue weighted by Crippen LogP contribution is -1.77. The van der Waals surface area contributed by atoms with Gasteiger partial charge >= 0.3 is 0 Å². The van der Waals surface area contributed by atoms with Crippen LogP contribution in [0.25, 0.3) is 11.2 Å². The molecule has 2 heterocycles. The third-order valence-corrected chi connectivity index (χ3v) is 1.69. The van der Waals surface area contributed by atoms with Gasteiger partial charge in [-0.1, -0.05) is 0 Å². The molecule has 0 radical (unpaired) electrons. The van der Waals surface area contributed by atoms with Gasteiger partial charge in [-0.2, -0.15) is 0 Å². The van der Waals surface area contributed by atoms with Gasteiger partial charge in [0.2, 0.25) is 0 Å². The topological polar surface area (TPSA) is 41.6 Å². The van der Waals surface area contributed by atoms with Gasteiger partial charge in [-0.3, -0.25) is 0 Å². The van der Waals surface area contributed by atoms with E-state index < -0.39 is 0 Å². The number of aromatic amines is 1. The molecule has 0 bridgehead atoms. The van der Waals surface area contributed by atoms with E-state index in [0.717, 1.165) is 17.0 Å². The number of fused-ring (bicyclic) bond motifs is 1. The van der Waals surface area contributed by atoms with E-state index in [1.165, 1.54) is 0 Å². The quantitative estimate of drug-likeness (QED) is 0.657. The molecule has 0 saturated carbocycles. The first-order chi connectivity index (χ1) is 5.40. The summed E-state index contributed by atoms with van der Waals surface area (Å²) in [5.41, 5.74) is 1.66. The van der Waals surface area contributed by atoms with Gasteiger partial charge in [-0.25, -0.2) is 9.97 Å². The molecule has 0 saturated heterocycles. The number of alkyl halides is 1. The maximum atomic E-state index is 5.58. The highest BCUT2D eigenvalue weighted by Crippen LogP contribution is 2.08. The molecular formula is C7H6ClN3. The smallest absolute Gasteiger partial charge is 0.177 e. The van der Waals surface area contributed by atoms with E-state index in [-0.39, 0.29) is 0 Å². The van der Waals surface area contributed by atoms with Crippen molar-refractivity contribution in [1.82, 2.24) is 15.0 Å². The number of nitrogens with one attached hydrogen (secondary N) is 1. The number of hydrogen-bond acceptors (Lipinski definition) is 2. The molecule has 11 heavy (non-hydrogen) atoms. The van der Waals surface area contributed by atoms with Crippen molar-refractivity contribution in [2.75, 3.05) is 0 Å². The van der Waals surface area contributed by atoms with Crippen LogP contribution in [0, 0.1) is 0 Å². The van der Waals surface area contributed by atoms with Crippen LogP contribution in [0.4, 0.5) is 0 Å². The first-order valence-electron chi connectivity index (χ1n) is 3.26. The van der Waals surface area contributed by atoms with Crippen molar-refractivity contribution < 1.29 is 0 Å². The highest BCUT2D eigenvalue weighted by atomic mass is 35.5. The van der Waals surface area contributed by atoms with Crippen molar-refractivity contribution in [1.29, 1.82) is 0 Å². The first-order valence-corrected chi connectivity index (χ1v) is 3.79. The zero-order valence-electron chi connectivity index (χ0n) is 5.71. The Kier molecular flexibility index (Phi) is 1.51. The minimum Gasteiger partial charge on any atom is -0.340 e. The molecule has 2 rings (SSSR count). The molecule has 56 valence electrons. The molecule has 0 aliphatic heterocycles. The van der Waals surface area contributed by atoms with Crippen molar-refractivity contribution in [3.63, 3.8) is 0 Å². The molecule has 0 fully saturated rings. The predicted octanol–water partition coefficient (Wildman–Crippen LogP) is 1.70. The molecule has 4 heteroatoms. The standard InChI is InChI=1S/C7H6ClN3/c8-4-6-10-5-2-1-3-9-7(5)11-6/h1-3H,4H2,(H,9,10,11). The predicted molar refractivity (Wildman–Crippen MR) is 43.4 cm³/mol. The Balaban J connectivity index is 2.69. The summed E-state index contributed by atoms with van der Waals surface area (Å²) in [5, 5.41) is 0. The average molecular weight is 168 g/mol. The lowest BCUT2D eigenvalue weighted by atomic mass is 10.4. The fourth-order valence-electron chi connectivity index (χ4n) is 0.958. The van der Waals surface area contributed by atoms with Gasteiger partial charge in [-0.05, 0) is 12.1 Å². The van der Waals surface area contributed by atoms with Gasteiger partial charge in [0, 0.05) is 6.20 Å². The van der Waals surface area contributed by atoms with E-state index in [1.54, 1.807) is 6.20 Å². The van der Waals surface area contributed by atoms with Crippen molar-refractivity contribution in [2.24, 2.45) is 0 Å². The summed E-state index contributed by atoms with van der Waals surface area (Å²) < 4.78 is 0. The summed E-state index contributed by atoms with van der Waals surface area (Å²) in [5.74, 6) is 1.16. The van der Waals surface area contributed by atoms with Crippen molar-refractivity contribution in [3.8, 4) is 0 Å². The van der Waals surface area contributed by atoms with Gasteiger partial charge in [-0.15, -0.1) is 11.6 Å². The zero-order chi connectivity index (χ0) is 7.68. The van der Waals surface area contributed by atoms with Crippen molar-refractivity contribution >= 4 is 22.8 Å². The number of nitrogens with zero attached hydrogens (tertiary/aromatic N) is 2. The fraction of sp³-hybridized carbons (Fsp3) is 0.143. The van der Waals surface area contributed by atoms with Crippen molar-refractivity contribution in [3.05, 3.63) is 24.2 Å². The van der Waals surface area contributed by atoms with Gasteiger partial charge in [0.1, 0.15) is 5.82 Å². The highest BCUT2D eigenvalue weighted by molar-refractivity contribution is 6.16. The minimum absolute atomic E-state index is 0.399. The number of imidazole rings is 1. The van der Waals surface area contributed by atoms with Gasteiger partial charge in [0.25, 0.3) is 0 Å². The number of halogens is 1. The molecule has 3 nitrogen and oxygen atoms in total. The Labute approximate surface area is 68.4 Å². The van der Waals surface area contributed by atoms with Crippen LogP contribution < -0.4 is 0 Å². The molecule has 1 N–H and O–H groups in total. The average Bonchev–Trinajstić information content (AvgIpc) is 2.46. The van der Waals surface area contributed by atoms with Crippen LogP contribution in [0.5, 0.6) is 0 Å². The summed E-state index contributed by atoms with van der Waals surface area (Å²) >= 11 is 5.58. The van der Waals surface area contributed by atoms with E-state index in [9.17, 15) is 0 Å². The van der Waals surface area contributed by atoms with E-state index in [2.05, 4.69) is 15.0 Å². The number of H-pyrrole nitrogens is 1. The third-order valence-electron chi connectivity index (χ3n) is 1.43. The summed E-state index contributed by atoms with van der Waals surface area (Å²) in [6.45, 7) is 0. The SMILES string of the molecule is ClCc1nc2ncccc2[nH]1. The Morgan fingerprint density at radius 1 is 1.55 bits per heavy atom. The van der Waals surface area contributed by atoms with Crippen LogP contribution in [0.15, 0.2) is 18.3 Å². The maximum Gasteiger partial charge on any atom is 0.177 e. The second kappa shape index (κ2) is 2.51. The summed E-state index contributed by atoms with van der Waals surface area (Å²) in [4.78, 5) is 11.2. The lowest BCUT2D eigenvalue weighted by Gasteiger charge is -1.81. The maximum absolute atomic E-state index is 5.58. The van der Waals surface area contributed by atoms with Crippen LogP contribution in [0.2, 0.25) is 0 Å². The monoisotopic (exact) mass is 167 g/mol. The van der Waals surface area contributed by atoms with Gasteiger partial charge in [0.15, 0.2) is 5.65 Å². The number of rotatable bonds is 1. The van der Waals surface area contributed by atoms with Crippen molar-refractivity contribution in [2.45, 2.75) is 5.88 Å².